The lowest BCUT2D eigenvalue weighted by Gasteiger charge is -2.54. The number of hydrogen-bond donors (Lipinski definition) is 2. The zero-order valence-electron chi connectivity index (χ0n) is 24.3. The van der Waals surface area contributed by atoms with E-state index in [0.717, 1.165) is 27.6 Å². The Morgan fingerprint density at radius 3 is 2.53 bits per heavy atom. The van der Waals surface area contributed by atoms with Crippen LogP contribution in [0.4, 0.5) is 4.79 Å². The first-order chi connectivity index (χ1) is 21.3. The number of para-hydroxylation sites is 1. The SMILES string of the molecule is C.C#CCn1ncc2cccc(CN3C[C@H]4N(C(=O)CN(C)N4C(=O)NCc4ccccc4)[C@@H](Cc4ccc(O)cc4)C3=O)c21. The van der Waals surface area contributed by atoms with Gasteiger partial charge in [0, 0.05) is 31.9 Å². The Bertz CT molecular complexity index is 1730. The molecule has 2 atom stereocenters. The highest BCUT2D eigenvalue weighted by Gasteiger charge is 2.50. The van der Waals surface area contributed by atoms with Crippen LogP contribution in [0.25, 0.3) is 10.9 Å². The van der Waals surface area contributed by atoms with Crippen molar-refractivity contribution in [2.75, 3.05) is 20.1 Å². The normalized spacial score (nSPS) is 18.4. The van der Waals surface area contributed by atoms with E-state index in [9.17, 15) is 19.5 Å². The van der Waals surface area contributed by atoms with Crippen molar-refractivity contribution in [1.29, 1.82) is 0 Å². The van der Waals surface area contributed by atoms with Gasteiger partial charge in [0.2, 0.25) is 11.8 Å². The van der Waals surface area contributed by atoms with E-state index in [1.807, 2.05) is 48.5 Å². The number of aromatic nitrogens is 2. The molecule has 0 radical (unpaired) electrons. The highest BCUT2D eigenvalue weighted by atomic mass is 16.3. The first kappa shape index (κ1) is 31.1. The molecular weight excluding hydrogens is 570 g/mol. The molecule has 2 aliphatic heterocycles. The largest absolute Gasteiger partial charge is 0.508 e. The third kappa shape index (κ3) is 6.18. The molecule has 0 aliphatic carbocycles. The summed E-state index contributed by atoms with van der Waals surface area (Å²) in [6.07, 6.45) is 6.82. The molecule has 232 valence electrons. The smallest absolute Gasteiger partial charge is 0.334 e. The monoisotopic (exact) mass is 607 g/mol. The molecule has 0 unspecified atom stereocenters. The summed E-state index contributed by atoms with van der Waals surface area (Å²) in [6.45, 7) is 0.882. The lowest BCUT2D eigenvalue weighted by molar-refractivity contribution is -0.187. The number of benzene rings is 3. The number of urea groups is 1. The van der Waals surface area contributed by atoms with Crippen molar-refractivity contribution in [3.63, 3.8) is 0 Å². The Morgan fingerprint density at radius 1 is 1.04 bits per heavy atom. The molecule has 2 fully saturated rings. The van der Waals surface area contributed by atoms with E-state index >= 15 is 0 Å². The summed E-state index contributed by atoms with van der Waals surface area (Å²) < 4.78 is 1.74. The Morgan fingerprint density at radius 2 is 1.80 bits per heavy atom. The molecule has 0 spiro atoms. The Hall–Kier alpha value is -5.34. The third-order valence-corrected chi connectivity index (χ3v) is 8.15. The van der Waals surface area contributed by atoms with Crippen LogP contribution in [0.5, 0.6) is 5.75 Å². The molecule has 3 heterocycles. The summed E-state index contributed by atoms with van der Waals surface area (Å²) in [5, 5.41) is 21.3. The van der Waals surface area contributed by atoms with Gasteiger partial charge in [0.05, 0.1) is 24.8 Å². The van der Waals surface area contributed by atoms with E-state index in [1.165, 1.54) is 5.01 Å². The summed E-state index contributed by atoms with van der Waals surface area (Å²) >= 11 is 0. The molecular formula is C34H37N7O4. The summed E-state index contributed by atoms with van der Waals surface area (Å²) in [5.41, 5.74) is 3.42. The number of fused-ring (bicyclic) bond motifs is 2. The maximum absolute atomic E-state index is 14.3. The number of carbonyl (C=O) groups excluding carboxylic acids is 3. The van der Waals surface area contributed by atoms with Crippen LogP contribution in [-0.2, 0) is 35.6 Å². The zero-order chi connectivity index (χ0) is 30.8. The van der Waals surface area contributed by atoms with E-state index in [-0.39, 0.29) is 63.6 Å². The highest BCUT2D eigenvalue weighted by Crippen LogP contribution is 2.30. The molecule has 0 bridgehead atoms. The van der Waals surface area contributed by atoms with Gasteiger partial charge in [-0.25, -0.2) is 14.8 Å². The van der Waals surface area contributed by atoms with Crippen molar-refractivity contribution in [1.82, 2.24) is 34.9 Å². The van der Waals surface area contributed by atoms with Crippen molar-refractivity contribution in [2.24, 2.45) is 0 Å². The fraction of sp³-hybridized carbons (Fsp3) is 0.294. The topological polar surface area (TPSA) is 114 Å². The number of likely N-dealkylation sites (N-methyl/N-ethyl adjacent to an activating group) is 1. The summed E-state index contributed by atoms with van der Waals surface area (Å²) in [6, 6.07) is 20.7. The van der Waals surface area contributed by atoms with Crippen LogP contribution < -0.4 is 5.32 Å². The van der Waals surface area contributed by atoms with Crippen LogP contribution in [0.3, 0.4) is 0 Å². The highest BCUT2D eigenvalue weighted by molar-refractivity contribution is 5.92. The van der Waals surface area contributed by atoms with E-state index in [2.05, 4.69) is 16.3 Å². The number of aromatic hydroxyl groups is 1. The summed E-state index contributed by atoms with van der Waals surface area (Å²) in [5.74, 6) is 2.27. The number of nitrogens with zero attached hydrogens (tertiary/aromatic N) is 6. The predicted octanol–water partition coefficient (Wildman–Crippen LogP) is 3.19. The average Bonchev–Trinajstić information content (AvgIpc) is 3.43. The van der Waals surface area contributed by atoms with Gasteiger partial charge in [0.25, 0.3) is 0 Å². The second-order valence-electron chi connectivity index (χ2n) is 11.1. The van der Waals surface area contributed by atoms with Gasteiger partial charge in [-0.3, -0.25) is 14.3 Å². The summed E-state index contributed by atoms with van der Waals surface area (Å²) in [4.78, 5) is 44.8. The Labute approximate surface area is 262 Å². The quantitative estimate of drug-likeness (QED) is 0.312. The molecule has 11 heteroatoms. The van der Waals surface area contributed by atoms with Crippen LogP contribution in [0.15, 0.2) is 79.0 Å². The first-order valence-electron chi connectivity index (χ1n) is 14.4. The lowest BCUT2D eigenvalue weighted by Crippen LogP contribution is -2.76. The van der Waals surface area contributed by atoms with Crippen LogP contribution in [0, 0.1) is 12.3 Å². The summed E-state index contributed by atoms with van der Waals surface area (Å²) in [7, 11) is 1.70. The Kier molecular flexibility index (Phi) is 9.06. The second kappa shape index (κ2) is 13.1. The maximum Gasteiger partial charge on any atom is 0.334 e. The number of hydrazine groups is 1. The molecule has 6 rings (SSSR count). The number of terminal acetylenes is 1. The molecule has 3 aromatic carbocycles. The van der Waals surface area contributed by atoms with Gasteiger partial charge in [-0.15, -0.1) is 6.42 Å². The van der Waals surface area contributed by atoms with Crippen molar-refractivity contribution in [3.8, 4) is 18.1 Å². The number of piperazine rings is 1. The van der Waals surface area contributed by atoms with Crippen molar-refractivity contribution >= 4 is 28.7 Å². The minimum Gasteiger partial charge on any atom is -0.508 e. The molecule has 11 nitrogen and oxygen atoms in total. The van der Waals surface area contributed by atoms with Crippen molar-refractivity contribution in [3.05, 3.63) is 95.7 Å². The standard InChI is InChI=1S/C33H33N7O4.CH4/c1-3-16-38-31-25(19-35-38)10-7-11-26(31)20-37-21-29-39(28(32(37)43)17-23-12-14-27(41)15-13-23)30(42)22-36(2)40(29)33(44)34-18-24-8-5-4-6-9-24;/h1,4-15,19,28-29,41H,16-18,20-22H2,2H3,(H,34,44);1H4/t28-,29-;/m0./s1. The third-order valence-electron chi connectivity index (χ3n) is 8.15. The van der Waals surface area contributed by atoms with Gasteiger partial charge >= 0.3 is 6.03 Å². The molecule has 2 saturated heterocycles. The van der Waals surface area contributed by atoms with Gasteiger partial charge in [0.15, 0.2) is 0 Å². The number of phenols is 1. The van der Waals surface area contributed by atoms with Crippen molar-refractivity contribution < 1.29 is 19.5 Å². The fourth-order valence-electron chi connectivity index (χ4n) is 6.12. The maximum atomic E-state index is 14.3. The second-order valence-corrected chi connectivity index (χ2v) is 11.1. The lowest BCUT2D eigenvalue weighted by atomic mass is 9.98. The minimum absolute atomic E-state index is 0. The van der Waals surface area contributed by atoms with Gasteiger partial charge in [-0.1, -0.05) is 74.0 Å². The number of rotatable bonds is 7. The number of amides is 4. The van der Waals surface area contributed by atoms with Crippen molar-refractivity contribution in [2.45, 2.75) is 45.7 Å². The molecule has 2 aliphatic rings. The van der Waals surface area contributed by atoms with Crippen LogP contribution in [0.1, 0.15) is 24.1 Å². The van der Waals surface area contributed by atoms with E-state index in [0.29, 0.717) is 6.54 Å². The molecule has 2 N–H and O–H groups in total. The van der Waals surface area contributed by atoms with E-state index < -0.39 is 12.2 Å². The van der Waals surface area contributed by atoms with Crippen LogP contribution in [-0.4, -0.2) is 84.9 Å². The zero-order valence-corrected chi connectivity index (χ0v) is 24.3. The van der Waals surface area contributed by atoms with Crippen LogP contribution >= 0.6 is 0 Å². The molecule has 0 saturated carbocycles. The van der Waals surface area contributed by atoms with Gasteiger partial charge in [-0.2, -0.15) is 5.10 Å². The molecule has 4 aromatic rings. The van der Waals surface area contributed by atoms with Gasteiger partial charge < -0.3 is 20.2 Å². The molecule has 1 aromatic heterocycles. The van der Waals surface area contributed by atoms with Gasteiger partial charge in [0.1, 0.15) is 24.5 Å². The predicted molar refractivity (Wildman–Crippen MR) is 170 cm³/mol. The minimum atomic E-state index is -0.862. The van der Waals surface area contributed by atoms with Crippen LogP contribution in [0.2, 0.25) is 0 Å². The first-order valence-corrected chi connectivity index (χ1v) is 14.4. The van der Waals surface area contributed by atoms with E-state index in [4.69, 9.17) is 6.42 Å². The average molecular weight is 608 g/mol. The molecule has 45 heavy (non-hydrogen) atoms. The van der Waals surface area contributed by atoms with Gasteiger partial charge in [-0.05, 0) is 28.8 Å². The fourth-order valence-corrected chi connectivity index (χ4v) is 6.12. The number of nitrogens with one attached hydrogen (secondary N) is 1. The number of carbonyl (C=O) groups is 3. The number of phenolic OH excluding ortho intramolecular Hbond substituents is 1. The number of hydrogen-bond acceptors (Lipinski definition) is 6. The Balaban J connectivity index is 0.00000400. The van der Waals surface area contributed by atoms with E-state index in [1.54, 1.807) is 57.0 Å². The molecule has 4 amide bonds.